The highest BCUT2D eigenvalue weighted by molar-refractivity contribution is 6.50. The zero-order valence-corrected chi connectivity index (χ0v) is 7.78. The second kappa shape index (κ2) is 4.46. The van der Waals surface area contributed by atoms with Crippen molar-refractivity contribution in [2.75, 3.05) is 0 Å². The third-order valence-corrected chi connectivity index (χ3v) is 1.71. The van der Waals surface area contributed by atoms with Crippen molar-refractivity contribution in [1.82, 2.24) is 0 Å². The normalized spacial score (nSPS) is 13.3. The first-order chi connectivity index (χ1) is 4.57. The molecule has 0 bridgehead atoms. The zero-order valence-electron chi connectivity index (χ0n) is 6.63. The standard InChI is InChI=1S/C6H14O3Si/c1-4-5(7)6(8)9-10(2)3/h5,7,10H,4H2,1-3H3. The van der Waals surface area contributed by atoms with Gasteiger partial charge in [-0.1, -0.05) is 6.92 Å². The minimum Gasteiger partial charge on any atom is -0.521 e. The van der Waals surface area contributed by atoms with Crippen LogP contribution in [0.5, 0.6) is 0 Å². The number of carbonyl (C=O) groups excluding carboxylic acids is 1. The van der Waals surface area contributed by atoms with Crippen LogP contribution in [-0.2, 0) is 9.22 Å². The number of rotatable bonds is 3. The van der Waals surface area contributed by atoms with E-state index in [0.29, 0.717) is 6.42 Å². The monoisotopic (exact) mass is 162 g/mol. The Kier molecular flexibility index (Phi) is 4.30. The molecule has 0 heterocycles. The van der Waals surface area contributed by atoms with Crippen LogP contribution in [-0.4, -0.2) is 26.2 Å². The third-order valence-electron chi connectivity index (χ3n) is 1.01. The van der Waals surface area contributed by atoms with Crippen LogP contribution in [0.1, 0.15) is 13.3 Å². The van der Waals surface area contributed by atoms with Crippen molar-refractivity contribution in [1.29, 1.82) is 0 Å². The van der Waals surface area contributed by atoms with Crippen molar-refractivity contribution in [3.63, 3.8) is 0 Å². The molecule has 10 heavy (non-hydrogen) atoms. The molecule has 0 spiro atoms. The highest BCUT2D eigenvalue weighted by atomic mass is 28.3. The summed E-state index contributed by atoms with van der Waals surface area (Å²) < 4.78 is 4.85. The SMILES string of the molecule is CCC(O)C(=O)O[SiH](C)C. The van der Waals surface area contributed by atoms with Gasteiger partial charge in [-0.25, -0.2) is 0 Å². The smallest absolute Gasteiger partial charge is 0.321 e. The number of hydrogen-bond donors (Lipinski definition) is 1. The molecule has 0 aromatic heterocycles. The Morgan fingerprint density at radius 2 is 2.20 bits per heavy atom. The maximum atomic E-state index is 10.7. The molecule has 0 amide bonds. The van der Waals surface area contributed by atoms with Gasteiger partial charge in [-0.2, -0.15) is 0 Å². The lowest BCUT2D eigenvalue weighted by atomic mass is 10.3. The second-order valence-electron chi connectivity index (χ2n) is 2.41. The average Bonchev–Trinajstić information content (AvgIpc) is 1.85. The van der Waals surface area contributed by atoms with Crippen molar-refractivity contribution in [3.8, 4) is 0 Å². The summed E-state index contributed by atoms with van der Waals surface area (Å²) in [7, 11) is -1.31. The summed E-state index contributed by atoms with van der Waals surface area (Å²) in [5.74, 6) is -0.468. The lowest BCUT2D eigenvalue weighted by Crippen LogP contribution is -2.26. The largest absolute Gasteiger partial charge is 0.521 e. The number of aliphatic hydroxyl groups is 1. The van der Waals surface area contributed by atoms with Gasteiger partial charge in [0.2, 0.25) is 9.04 Å². The van der Waals surface area contributed by atoms with Crippen molar-refractivity contribution in [3.05, 3.63) is 0 Å². The van der Waals surface area contributed by atoms with Gasteiger partial charge in [0.05, 0.1) is 0 Å². The molecular weight excluding hydrogens is 148 g/mol. The molecular formula is C6H14O3Si. The van der Waals surface area contributed by atoms with E-state index in [1.54, 1.807) is 6.92 Å². The number of hydrogen-bond acceptors (Lipinski definition) is 3. The van der Waals surface area contributed by atoms with Crippen LogP contribution in [0.4, 0.5) is 0 Å². The van der Waals surface area contributed by atoms with E-state index >= 15 is 0 Å². The minimum atomic E-state index is -1.31. The first-order valence-corrected chi connectivity index (χ1v) is 6.24. The molecule has 1 unspecified atom stereocenters. The van der Waals surface area contributed by atoms with Crippen LogP contribution in [0, 0.1) is 0 Å². The van der Waals surface area contributed by atoms with Crippen molar-refractivity contribution in [2.45, 2.75) is 32.5 Å². The summed E-state index contributed by atoms with van der Waals surface area (Å²) in [6, 6.07) is 0. The van der Waals surface area contributed by atoms with E-state index in [9.17, 15) is 4.79 Å². The molecule has 60 valence electrons. The molecule has 0 aliphatic carbocycles. The van der Waals surface area contributed by atoms with Crippen LogP contribution in [0.25, 0.3) is 0 Å². The van der Waals surface area contributed by atoms with Gasteiger partial charge >= 0.3 is 5.97 Å². The summed E-state index contributed by atoms with van der Waals surface area (Å²) >= 11 is 0. The van der Waals surface area contributed by atoms with E-state index in [0.717, 1.165) is 0 Å². The first-order valence-electron chi connectivity index (χ1n) is 3.46. The van der Waals surface area contributed by atoms with E-state index in [-0.39, 0.29) is 0 Å². The second-order valence-corrected chi connectivity index (χ2v) is 4.74. The molecule has 0 fully saturated rings. The Morgan fingerprint density at radius 1 is 1.70 bits per heavy atom. The Balaban J connectivity index is 3.62. The van der Waals surface area contributed by atoms with Gasteiger partial charge in [-0.15, -0.1) is 0 Å². The van der Waals surface area contributed by atoms with E-state index < -0.39 is 21.1 Å². The van der Waals surface area contributed by atoms with Crippen molar-refractivity contribution >= 4 is 15.0 Å². The molecule has 0 radical (unpaired) electrons. The fourth-order valence-electron chi connectivity index (χ4n) is 0.478. The predicted molar refractivity (Wildman–Crippen MR) is 41.3 cm³/mol. The molecule has 1 atom stereocenters. The maximum absolute atomic E-state index is 10.7. The van der Waals surface area contributed by atoms with Crippen LogP contribution < -0.4 is 0 Å². The topological polar surface area (TPSA) is 46.5 Å². The van der Waals surface area contributed by atoms with Gasteiger partial charge in [0.25, 0.3) is 0 Å². The van der Waals surface area contributed by atoms with Gasteiger partial charge in [0.1, 0.15) is 6.10 Å². The summed E-state index contributed by atoms with van der Waals surface area (Å²) in [4.78, 5) is 10.7. The van der Waals surface area contributed by atoms with Gasteiger partial charge in [0, 0.05) is 0 Å². The lowest BCUT2D eigenvalue weighted by Gasteiger charge is -2.10. The van der Waals surface area contributed by atoms with Crippen LogP contribution in [0.3, 0.4) is 0 Å². The van der Waals surface area contributed by atoms with Crippen LogP contribution in [0.15, 0.2) is 0 Å². The molecule has 0 aliphatic rings. The molecule has 0 saturated heterocycles. The van der Waals surface area contributed by atoms with E-state index in [4.69, 9.17) is 9.53 Å². The average molecular weight is 162 g/mol. The van der Waals surface area contributed by atoms with Gasteiger partial charge in [-0.3, -0.25) is 4.79 Å². The van der Waals surface area contributed by atoms with Crippen LogP contribution in [0.2, 0.25) is 13.1 Å². The summed E-state index contributed by atoms with van der Waals surface area (Å²) in [5.41, 5.74) is 0. The summed E-state index contributed by atoms with van der Waals surface area (Å²) in [6.07, 6.45) is -0.491. The number of aliphatic hydroxyl groups excluding tert-OH is 1. The molecule has 4 heteroatoms. The lowest BCUT2D eigenvalue weighted by molar-refractivity contribution is -0.144. The Morgan fingerprint density at radius 3 is 2.50 bits per heavy atom. The Hall–Kier alpha value is -0.353. The molecule has 0 aromatic rings. The summed E-state index contributed by atoms with van der Waals surface area (Å²) in [5, 5.41) is 8.92. The number of carbonyl (C=O) groups is 1. The fourth-order valence-corrected chi connectivity index (χ4v) is 1.10. The highest BCUT2D eigenvalue weighted by Crippen LogP contribution is 1.95. The van der Waals surface area contributed by atoms with Gasteiger partial charge in [0.15, 0.2) is 0 Å². The minimum absolute atomic E-state index is 0.431. The van der Waals surface area contributed by atoms with Gasteiger partial charge in [-0.05, 0) is 19.5 Å². The quantitative estimate of drug-likeness (QED) is 0.606. The van der Waals surface area contributed by atoms with E-state index in [1.165, 1.54) is 0 Å². The molecule has 1 N–H and O–H groups in total. The fraction of sp³-hybridized carbons (Fsp3) is 0.833. The summed E-state index contributed by atoms with van der Waals surface area (Å²) in [6.45, 7) is 5.52. The van der Waals surface area contributed by atoms with E-state index in [2.05, 4.69) is 0 Å². The predicted octanol–water partition coefficient (Wildman–Crippen LogP) is 0.284. The molecule has 0 aliphatic heterocycles. The Bertz CT molecular complexity index is 114. The Labute approximate surface area is 62.7 Å². The van der Waals surface area contributed by atoms with Crippen molar-refractivity contribution in [2.24, 2.45) is 0 Å². The molecule has 0 saturated carbocycles. The van der Waals surface area contributed by atoms with Gasteiger partial charge < -0.3 is 9.53 Å². The molecule has 0 aromatic carbocycles. The van der Waals surface area contributed by atoms with Crippen molar-refractivity contribution < 1.29 is 14.3 Å². The zero-order chi connectivity index (χ0) is 8.15. The third kappa shape index (κ3) is 3.63. The first kappa shape index (κ1) is 9.65. The molecule has 3 nitrogen and oxygen atoms in total. The molecule has 0 rings (SSSR count). The van der Waals surface area contributed by atoms with Crippen LogP contribution >= 0.6 is 0 Å². The highest BCUT2D eigenvalue weighted by Gasteiger charge is 2.14. The van der Waals surface area contributed by atoms with E-state index in [1.807, 2.05) is 13.1 Å². The maximum Gasteiger partial charge on any atom is 0.321 e.